The van der Waals surface area contributed by atoms with Gasteiger partial charge in [-0.2, -0.15) is 0 Å². The van der Waals surface area contributed by atoms with Crippen LogP contribution in [0.4, 0.5) is 0 Å². The van der Waals surface area contributed by atoms with Crippen molar-refractivity contribution in [1.29, 1.82) is 0 Å². The van der Waals surface area contributed by atoms with Crippen LogP contribution in [-0.4, -0.2) is 0 Å². The average Bonchev–Trinajstić information content (AvgIpc) is 2.34. The van der Waals surface area contributed by atoms with E-state index >= 15 is 0 Å². The smallest absolute Gasteiger partial charge is 0.0352 e. The highest BCUT2D eigenvalue weighted by atomic mass is 14.6. The summed E-state index contributed by atoms with van der Waals surface area (Å²) < 4.78 is 0. The Bertz CT molecular complexity index is 124. The zero-order valence-corrected chi connectivity index (χ0v) is 5.14. The summed E-state index contributed by atoms with van der Waals surface area (Å²) in [5.41, 5.74) is 0. The molecule has 3 fully saturated rings. The van der Waals surface area contributed by atoms with Crippen molar-refractivity contribution in [1.82, 2.24) is 0 Å². The lowest BCUT2D eigenvalue weighted by atomic mass is 9.73. The van der Waals surface area contributed by atoms with Crippen molar-refractivity contribution >= 4 is 0 Å². The second kappa shape index (κ2) is 0.984. The van der Waals surface area contributed by atoms with E-state index in [4.69, 9.17) is 0 Å². The molecular formula is C8H12. The van der Waals surface area contributed by atoms with E-state index in [1.54, 1.807) is 25.7 Å². The maximum Gasteiger partial charge on any atom is -0.0352 e. The van der Waals surface area contributed by atoms with Gasteiger partial charge >= 0.3 is 0 Å². The molecule has 0 radical (unpaired) electrons. The van der Waals surface area contributed by atoms with Gasteiger partial charge in [0, 0.05) is 0 Å². The van der Waals surface area contributed by atoms with Crippen molar-refractivity contribution in [3.8, 4) is 0 Å². The second-order valence-corrected chi connectivity index (χ2v) is 3.90. The molecule has 0 amide bonds. The lowest BCUT2D eigenvalue weighted by Gasteiger charge is -2.32. The Labute approximate surface area is 50.3 Å². The molecule has 0 nitrogen and oxygen atoms in total. The molecule has 0 heteroatoms. The fraction of sp³-hybridized carbons (Fsp3) is 1.00. The van der Waals surface area contributed by atoms with E-state index in [1.165, 1.54) is 23.7 Å². The molecule has 3 unspecified atom stereocenters. The summed E-state index contributed by atoms with van der Waals surface area (Å²) in [5.74, 6) is 4.93. The molecule has 0 bridgehead atoms. The van der Waals surface area contributed by atoms with Crippen LogP contribution < -0.4 is 0 Å². The summed E-state index contributed by atoms with van der Waals surface area (Å²) in [7, 11) is 0. The van der Waals surface area contributed by atoms with E-state index in [0.29, 0.717) is 0 Å². The lowest BCUT2D eigenvalue weighted by Crippen LogP contribution is -2.22. The van der Waals surface area contributed by atoms with Crippen LogP contribution in [0.15, 0.2) is 0 Å². The first-order valence-electron chi connectivity index (χ1n) is 3.95. The third-order valence-electron chi connectivity index (χ3n) is 3.61. The number of hydrogen-bond donors (Lipinski definition) is 0. The van der Waals surface area contributed by atoms with Crippen LogP contribution in [0.1, 0.15) is 25.7 Å². The van der Waals surface area contributed by atoms with Gasteiger partial charge in [-0.25, -0.2) is 0 Å². The Morgan fingerprint density at radius 3 is 2.12 bits per heavy atom. The highest BCUT2D eigenvalue weighted by Crippen LogP contribution is 2.65. The maximum absolute atomic E-state index is 1.62. The number of hydrogen-bond acceptors (Lipinski definition) is 0. The van der Waals surface area contributed by atoms with Crippen molar-refractivity contribution in [2.45, 2.75) is 25.7 Å². The quantitative estimate of drug-likeness (QED) is 0.445. The molecule has 3 aliphatic rings. The van der Waals surface area contributed by atoms with Gasteiger partial charge in [0.15, 0.2) is 0 Å². The van der Waals surface area contributed by atoms with Crippen LogP contribution in [-0.2, 0) is 0 Å². The molecule has 0 N–H and O–H groups in total. The van der Waals surface area contributed by atoms with Crippen LogP contribution in [0.2, 0.25) is 0 Å². The molecule has 4 atom stereocenters. The molecule has 0 aliphatic heterocycles. The molecule has 0 spiro atoms. The van der Waals surface area contributed by atoms with Gasteiger partial charge < -0.3 is 0 Å². The minimum Gasteiger partial charge on any atom is -0.0499 e. The fourth-order valence-corrected chi connectivity index (χ4v) is 2.91. The standard InChI is InChI=1S/C8H12/c1-2-7-5(1)3-6-4-8(6)7/h5-8H,1-4H2/t5?,6?,7-,8?/m0/s1. The molecule has 0 saturated heterocycles. The third kappa shape index (κ3) is 0.284. The van der Waals surface area contributed by atoms with Gasteiger partial charge in [0.2, 0.25) is 0 Å². The number of fused-ring (bicyclic) bond motifs is 3. The van der Waals surface area contributed by atoms with Crippen LogP contribution >= 0.6 is 0 Å². The van der Waals surface area contributed by atoms with E-state index in [2.05, 4.69) is 0 Å². The summed E-state index contributed by atoms with van der Waals surface area (Å²) >= 11 is 0. The maximum atomic E-state index is 1.62. The summed E-state index contributed by atoms with van der Waals surface area (Å²) in [4.78, 5) is 0. The molecule has 0 aromatic heterocycles. The molecule has 0 aromatic carbocycles. The first-order valence-corrected chi connectivity index (χ1v) is 3.95. The second-order valence-electron chi connectivity index (χ2n) is 3.90. The summed E-state index contributed by atoms with van der Waals surface area (Å²) in [6.45, 7) is 0. The molecule has 8 heavy (non-hydrogen) atoms. The van der Waals surface area contributed by atoms with Crippen LogP contribution in [0.25, 0.3) is 0 Å². The monoisotopic (exact) mass is 108 g/mol. The zero-order chi connectivity index (χ0) is 5.14. The van der Waals surface area contributed by atoms with Crippen LogP contribution in [0.3, 0.4) is 0 Å². The van der Waals surface area contributed by atoms with Crippen molar-refractivity contribution in [3.05, 3.63) is 0 Å². The van der Waals surface area contributed by atoms with Crippen molar-refractivity contribution in [2.75, 3.05) is 0 Å². The Hall–Kier alpha value is 0. The number of rotatable bonds is 0. The largest absolute Gasteiger partial charge is 0.0499 e. The van der Waals surface area contributed by atoms with Crippen molar-refractivity contribution in [3.63, 3.8) is 0 Å². The third-order valence-corrected chi connectivity index (χ3v) is 3.61. The first kappa shape index (κ1) is 3.92. The predicted octanol–water partition coefficient (Wildman–Crippen LogP) is 2.05. The van der Waals surface area contributed by atoms with E-state index in [0.717, 1.165) is 0 Å². The van der Waals surface area contributed by atoms with Gasteiger partial charge in [-0.15, -0.1) is 0 Å². The van der Waals surface area contributed by atoms with Gasteiger partial charge in [0.25, 0.3) is 0 Å². The van der Waals surface area contributed by atoms with Gasteiger partial charge in [-0.1, -0.05) is 0 Å². The SMILES string of the molecule is C1C[C@H]2C1CC1CC12. The van der Waals surface area contributed by atoms with E-state index in [-0.39, 0.29) is 0 Å². The minimum atomic E-state index is 1.22. The Kier molecular flexibility index (Phi) is 0.482. The van der Waals surface area contributed by atoms with E-state index < -0.39 is 0 Å². The Morgan fingerprint density at radius 1 is 0.750 bits per heavy atom. The van der Waals surface area contributed by atoms with Gasteiger partial charge in [0.05, 0.1) is 0 Å². The first-order chi connectivity index (χ1) is 3.95. The summed E-state index contributed by atoms with van der Waals surface area (Å²) in [6, 6.07) is 0. The lowest BCUT2D eigenvalue weighted by molar-refractivity contribution is 0.182. The van der Waals surface area contributed by atoms with Crippen LogP contribution in [0.5, 0.6) is 0 Å². The Morgan fingerprint density at radius 2 is 1.75 bits per heavy atom. The highest BCUT2D eigenvalue weighted by Gasteiger charge is 2.56. The molecule has 3 rings (SSSR count). The molecule has 0 heterocycles. The van der Waals surface area contributed by atoms with E-state index in [9.17, 15) is 0 Å². The normalized spacial score (nSPS) is 66.0. The fourth-order valence-electron chi connectivity index (χ4n) is 2.91. The molecule has 3 aliphatic carbocycles. The summed E-state index contributed by atoms with van der Waals surface area (Å²) in [5, 5.41) is 0. The highest BCUT2D eigenvalue weighted by molar-refractivity contribution is 5.05. The van der Waals surface area contributed by atoms with Crippen molar-refractivity contribution in [2.24, 2.45) is 23.7 Å². The predicted molar refractivity (Wildman–Crippen MR) is 32.4 cm³/mol. The molecular weight excluding hydrogens is 96.1 g/mol. The molecule has 0 aromatic rings. The average molecular weight is 108 g/mol. The molecule has 44 valence electrons. The minimum absolute atomic E-state index is 1.22. The zero-order valence-electron chi connectivity index (χ0n) is 5.14. The topological polar surface area (TPSA) is 0 Å². The van der Waals surface area contributed by atoms with Gasteiger partial charge in [-0.3, -0.25) is 0 Å². The summed E-state index contributed by atoms with van der Waals surface area (Å²) in [6.07, 6.45) is 6.40. The van der Waals surface area contributed by atoms with Crippen LogP contribution in [0, 0.1) is 23.7 Å². The van der Waals surface area contributed by atoms with Crippen molar-refractivity contribution < 1.29 is 0 Å². The molecule has 3 saturated carbocycles. The Balaban J connectivity index is 1.92. The van der Waals surface area contributed by atoms with Gasteiger partial charge in [-0.05, 0) is 49.4 Å². The van der Waals surface area contributed by atoms with Gasteiger partial charge in [0.1, 0.15) is 0 Å². The van der Waals surface area contributed by atoms with E-state index in [1.807, 2.05) is 0 Å².